The Bertz CT molecular complexity index is 315. The minimum atomic E-state index is 0.143. The van der Waals surface area contributed by atoms with Crippen molar-refractivity contribution in [3.8, 4) is 0 Å². The molecule has 0 spiro atoms. The zero-order valence-corrected chi connectivity index (χ0v) is 10.0. The Balaban J connectivity index is 2.13. The van der Waals surface area contributed by atoms with Gasteiger partial charge in [-0.3, -0.25) is 0 Å². The summed E-state index contributed by atoms with van der Waals surface area (Å²) in [6.07, 6.45) is 6.99. The van der Waals surface area contributed by atoms with Crippen LogP contribution < -0.4 is 5.32 Å². The van der Waals surface area contributed by atoms with Gasteiger partial charge in [-0.1, -0.05) is 0 Å². The van der Waals surface area contributed by atoms with Gasteiger partial charge in [-0.15, -0.1) is 0 Å². The van der Waals surface area contributed by atoms with Crippen LogP contribution in [0.5, 0.6) is 0 Å². The molecule has 84 valence electrons. The fourth-order valence-electron chi connectivity index (χ4n) is 2.10. The minimum Gasteiger partial charge on any atom is -0.335 e. The number of rotatable bonds is 3. The number of nitrogens with zero attached hydrogens (tertiary/aromatic N) is 2. The molecule has 1 aromatic rings. The molecule has 0 radical (unpaired) electrons. The molecule has 0 saturated heterocycles. The fourth-order valence-corrected chi connectivity index (χ4v) is 2.10. The molecule has 0 aliphatic carbocycles. The van der Waals surface area contributed by atoms with Crippen molar-refractivity contribution in [2.75, 3.05) is 7.05 Å². The summed E-state index contributed by atoms with van der Waals surface area (Å²) in [4.78, 5) is 4.71. The van der Waals surface area contributed by atoms with Crippen LogP contribution in [0.15, 0.2) is 6.20 Å². The molecule has 2 heterocycles. The highest BCUT2D eigenvalue weighted by molar-refractivity contribution is 5.09. The Kier molecular flexibility index (Phi) is 2.83. The van der Waals surface area contributed by atoms with Gasteiger partial charge in [0.15, 0.2) is 0 Å². The molecule has 0 aromatic carbocycles. The number of hydrogen-bond donors (Lipinski definition) is 1. The minimum absolute atomic E-state index is 0.143. The molecule has 3 heteroatoms. The monoisotopic (exact) mass is 207 g/mol. The second kappa shape index (κ2) is 3.97. The molecular weight excluding hydrogens is 186 g/mol. The summed E-state index contributed by atoms with van der Waals surface area (Å²) in [6.45, 7) is 5.58. The highest BCUT2D eigenvalue weighted by Gasteiger charge is 2.19. The van der Waals surface area contributed by atoms with E-state index in [9.17, 15) is 0 Å². The molecule has 3 nitrogen and oxygen atoms in total. The van der Waals surface area contributed by atoms with Gasteiger partial charge in [-0.05, 0) is 33.7 Å². The molecule has 1 aliphatic heterocycles. The number of imidazole rings is 1. The van der Waals surface area contributed by atoms with Crippen LogP contribution in [0, 0.1) is 0 Å². The summed E-state index contributed by atoms with van der Waals surface area (Å²) < 4.78 is 2.32. The van der Waals surface area contributed by atoms with Gasteiger partial charge in [-0.25, -0.2) is 4.98 Å². The third-order valence-corrected chi connectivity index (χ3v) is 3.26. The van der Waals surface area contributed by atoms with E-state index in [0.29, 0.717) is 0 Å². The summed E-state index contributed by atoms with van der Waals surface area (Å²) >= 11 is 0. The Morgan fingerprint density at radius 3 is 2.93 bits per heavy atom. The zero-order valence-electron chi connectivity index (χ0n) is 10.0. The average molecular weight is 207 g/mol. The van der Waals surface area contributed by atoms with Crippen LogP contribution in [-0.2, 0) is 19.4 Å². The Labute approximate surface area is 91.9 Å². The maximum Gasteiger partial charge on any atom is 0.108 e. The molecule has 0 unspecified atom stereocenters. The van der Waals surface area contributed by atoms with Gasteiger partial charge in [0.2, 0.25) is 0 Å². The van der Waals surface area contributed by atoms with Crippen LogP contribution in [0.25, 0.3) is 0 Å². The van der Waals surface area contributed by atoms with Crippen LogP contribution in [0.1, 0.15) is 38.2 Å². The lowest BCUT2D eigenvalue weighted by Crippen LogP contribution is -2.38. The molecule has 1 aromatic heterocycles. The van der Waals surface area contributed by atoms with Gasteiger partial charge in [-0.2, -0.15) is 0 Å². The van der Waals surface area contributed by atoms with Gasteiger partial charge in [0.05, 0.1) is 5.69 Å². The summed E-state index contributed by atoms with van der Waals surface area (Å²) in [5.41, 5.74) is 1.37. The maximum absolute atomic E-state index is 4.71. The standard InChI is InChI=1S/C12H21N3/c1-12(2,13-3)8-10-9-15-7-5-4-6-11(15)14-10/h9,13H,4-8H2,1-3H3. The third kappa shape index (κ3) is 2.40. The summed E-state index contributed by atoms with van der Waals surface area (Å²) in [5.74, 6) is 1.28. The average Bonchev–Trinajstić information content (AvgIpc) is 2.58. The van der Waals surface area contributed by atoms with E-state index in [4.69, 9.17) is 4.98 Å². The largest absolute Gasteiger partial charge is 0.335 e. The lowest BCUT2D eigenvalue weighted by atomic mass is 9.99. The normalized spacial score (nSPS) is 16.5. The van der Waals surface area contributed by atoms with Gasteiger partial charge < -0.3 is 9.88 Å². The van der Waals surface area contributed by atoms with Crippen molar-refractivity contribution in [2.45, 2.75) is 51.6 Å². The second-order valence-corrected chi connectivity index (χ2v) is 5.11. The van der Waals surface area contributed by atoms with Crippen molar-refractivity contribution in [1.82, 2.24) is 14.9 Å². The van der Waals surface area contributed by atoms with E-state index in [1.807, 2.05) is 7.05 Å². The van der Waals surface area contributed by atoms with E-state index >= 15 is 0 Å². The van der Waals surface area contributed by atoms with E-state index in [0.717, 1.165) is 19.4 Å². The van der Waals surface area contributed by atoms with Gasteiger partial charge >= 0.3 is 0 Å². The van der Waals surface area contributed by atoms with Crippen molar-refractivity contribution in [3.05, 3.63) is 17.7 Å². The van der Waals surface area contributed by atoms with Gasteiger partial charge in [0.1, 0.15) is 5.82 Å². The first-order valence-electron chi connectivity index (χ1n) is 5.84. The van der Waals surface area contributed by atoms with Crippen molar-refractivity contribution in [2.24, 2.45) is 0 Å². The van der Waals surface area contributed by atoms with E-state index in [1.165, 1.54) is 24.4 Å². The number of aromatic nitrogens is 2. The molecule has 15 heavy (non-hydrogen) atoms. The van der Waals surface area contributed by atoms with Gasteiger partial charge in [0.25, 0.3) is 0 Å². The number of likely N-dealkylation sites (N-methyl/N-ethyl adjacent to an activating group) is 1. The van der Waals surface area contributed by atoms with Crippen LogP contribution in [-0.4, -0.2) is 22.1 Å². The van der Waals surface area contributed by atoms with E-state index in [1.54, 1.807) is 0 Å². The van der Waals surface area contributed by atoms with Crippen molar-refractivity contribution in [3.63, 3.8) is 0 Å². The van der Waals surface area contributed by atoms with Crippen molar-refractivity contribution >= 4 is 0 Å². The predicted molar refractivity (Wildman–Crippen MR) is 62.0 cm³/mol. The molecule has 1 N–H and O–H groups in total. The second-order valence-electron chi connectivity index (χ2n) is 5.11. The zero-order chi connectivity index (χ0) is 10.9. The lowest BCUT2D eigenvalue weighted by Gasteiger charge is -2.22. The topological polar surface area (TPSA) is 29.9 Å². The lowest BCUT2D eigenvalue weighted by molar-refractivity contribution is 0.418. The number of hydrogen-bond acceptors (Lipinski definition) is 2. The first kappa shape index (κ1) is 10.7. The summed E-state index contributed by atoms with van der Waals surface area (Å²) in [6, 6.07) is 0. The fraction of sp³-hybridized carbons (Fsp3) is 0.750. The molecule has 1 aliphatic rings. The van der Waals surface area contributed by atoms with Crippen LogP contribution >= 0.6 is 0 Å². The van der Waals surface area contributed by atoms with Crippen LogP contribution in [0.3, 0.4) is 0 Å². The van der Waals surface area contributed by atoms with Crippen molar-refractivity contribution < 1.29 is 0 Å². The van der Waals surface area contributed by atoms with Gasteiger partial charge in [0, 0.05) is 31.1 Å². The molecule has 0 amide bonds. The molecular formula is C12H21N3. The highest BCUT2D eigenvalue weighted by Crippen LogP contribution is 2.17. The SMILES string of the molecule is CNC(C)(C)Cc1cn2c(n1)CCCC2. The number of fused-ring (bicyclic) bond motifs is 1. The van der Waals surface area contributed by atoms with E-state index in [-0.39, 0.29) is 5.54 Å². The summed E-state index contributed by atoms with van der Waals surface area (Å²) in [7, 11) is 2.01. The number of aryl methyl sites for hydroxylation is 2. The summed E-state index contributed by atoms with van der Waals surface area (Å²) in [5, 5.41) is 3.32. The molecule has 2 rings (SSSR count). The predicted octanol–water partition coefficient (Wildman–Crippen LogP) is 1.76. The van der Waals surface area contributed by atoms with Crippen molar-refractivity contribution in [1.29, 1.82) is 0 Å². The smallest absolute Gasteiger partial charge is 0.108 e. The first-order valence-corrected chi connectivity index (χ1v) is 5.84. The Morgan fingerprint density at radius 1 is 1.47 bits per heavy atom. The quantitative estimate of drug-likeness (QED) is 0.818. The van der Waals surface area contributed by atoms with Crippen LogP contribution in [0.4, 0.5) is 0 Å². The number of nitrogens with one attached hydrogen (secondary N) is 1. The molecule has 0 fully saturated rings. The molecule has 0 saturated carbocycles. The Morgan fingerprint density at radius 2 is 2.27 bits per heavy atom. The van der Waals surface area contributed by atoms with Crippen LogP contribution in [0.2, 0.25) is 0 Å². The van der Waals surface area contributed by atoms with E-state index in [2.05, 4.69) is 29.9 Å². The Hall–Kier alpha value is -0.830. The third-order valence-electron chi connectivity index (χ3n) is 3.26. The first-order chi connectivity index (χ1) is 7.11. The highest BCUT2D eigenvalue weighted by atomic mass is 15.1. The molecule has 0 bridgehead atoms. The van der Waals surface area contributed by atoms with E-state index < -0.39 is 0 Å². The maximum atomic E-state index is 4.71. The molecule has 0 atom stereocenters.